The lowest BCUT2D eigenvalue weighted by Gasteiger charge is -2.29. The molecule has 1 heterocycles. The SMILES string of the molecule is O=C1C=C(N2CCCC2)CC(c2ccc(Cl)cc2Cl)C1. The second-order valence-electron chi connectivity index (χ2n) is 5.57. The highest BCUT2D eigenvalue weighted by Gasteiger charge is 2.27. The average molecular weight is 310 g/mol. The minimum Gasteiger partial charge on any atom is -0.375 e. The van der Waals surface area contributed by atoms with Crippen molar-refractivity contribution in [1.82, 2.24) is 4.90 Å². The van der Waals surface area contributed by atoms with Gasteiger partial charge in [0, 0.05) is 41.3 Å². The van der Waals surface area contributed by atoms with Gasteiger partial charge < -0.3 is 4.90 Å². The van der Waals surface area contributed by atoms with Crippen molar-refractivity contribution in [3.63, 3.8) is 0 Å². The van der Waals surface area contributed by atoms with Crippen LogP contribution in [0.15, 0.2) is 30.0 Å². The summed E-state index contributed by atoms with van der Waals surface area (Å²) in [5, 5.41) is 1.30. The number of benzene rings is 1. The van der Waals surface area contributed by atoms with Crippen LogP contribution in [0.3, 0.4) is 0 Å². The number of nitrogens with zero attached hydrogens (tertiary/aromatic N) is 1. The summed E-state index contributed by atoms with van der Waals surface area (Å²) < 4.78 is 0. The van der Waals surface area contributed by atoms with Crippen LogP contribution < -0.4 is 0 Å². The van der Waals surface area contributed by atoms with E-state index in [9.17, 15) is 4.79 Å². The summed E-state index contributed by atoms with van der Waals surface area (Å²) in [5.74, 6) is 0.377. The first-order valence-corrected chi connectivity index (χ1v) is 7.82. The highest BCUT2D eigenvalue weighted by molar-refractivity contribution is 6.35. The van der Waals surface area contributed by atoms with Gasteiger partial charge in [0.2, 0.25) is 0 Å². The van der Waals surface area contributed by atoms with Crippen molar-refractivity contribution in [3.8, 4) is 0 Å². The Hall–Kier alpha value is -0.990. The first kappa shape index (κ1) is 14.0. The molecular formula is C16H17Cl2NO. The monoisotopic (exact) mass is 309 g/mol. The summed E-state index contributed by atoms with van der Waals surface area (Å²) in [5.41, 5.74) is 2.21. The Morgan fingerprint density at radius 1 is 1.10 bits per heavy atom. The van der Waals surface area contributed by atoms with Crippen molar-refractivity contribution in [2.75, 3.05) is 13.1 Å². The number of halogens is 2. The molecule has 1 aliphatic heterocycles. The molecule has 0 N–H and O–H groups in total. The lowest BCUT2D eigenvalue weighted by Crippen LogP contribution is -2.25. The van der Waals surface area contributed by atoms with Gasteiger partial charge in [-0.3, -0.25) is 4.79 Å². The summed E-state index contributed by atoms with van der Waals surface area (Å²) >= 11 is 12.2. The van der Waals surface area contributed by atoms with Gasteiger partial charge in [-0.25, -0.2) is 0 Å². The summed E-state index contributed by atoms with van der Waals surface area (Å²) in [4.78, 5) is 14.4. The van der Waals surface area contributed by atoms with Gasteiger partial charge in [0.05, 0.1) is 0 Å². The molecular weight excluding hydrogens is 293 g/mol. The van der Waals surface area contributed by atoms with Crippen LogP contribution in [0.4, 0.5) is 0 Å². The third kappa shape index (κ3) is 2.87. The molecule has 1 atom stereocenters. The molecule has 1 aromatic rings. The highest BCUT2D eigenvalue weighted by Crippen LogP contribution is 2.37. The Bertz CT molecular complexity index is 562. The molecule has 4 heteroatoms. The fourth-order valence-electron chi connectivity index (χ4n) is 3.15. The predicted molar refractivity (Wildman–Crippen MR) is 82.3 cm³/mol. The van der Waals surface area contributed by atoms with Crippen molar-refractivity contribution in [3.05, 3.63) is 45.6 Å². The quantitative estimate of drug-likeness (QED) is 0.806. The van der Waals surface area contributed by atoms with Crippen LogP contribution in [-0.4, -0.2) is 23.8 Å². The lowest BCUT2D eigenvalue weighted by atomic mass is 9.85. The lowest BCUT2D eigenvalue weighted by molar-refractivity contribution is -0.115. The highest BCUT2D eigenvalue weighted by atomic mass is 35.5. The van der Waals surface area contributed by atoms with Crippen molar-refractivity contribution in [2.24, 2.45) is 0 Å². The summed E-state index contributed by atoms with van der Waals surface area (Å²) in [6, 6.07) is 5.56. The molecule has 3 rings (SSSR count). The molecule has 1 fully saturated rings. The zero-order valence-electron chi connectivity index (χ0n) is 11.2. The second-order valence-corrected chi connectivity index (χ2v) is 6.41. The van der Waals surface area contributed by atoms with Gasteiger partial charge in [0.15, 0.2) is 5.78 Å². The molecule has 1 saturated heterocycles. The third-order valence-corrected chi connectivity index (χ3v) is 4.71. The first-order chi connectivity index (χ1) is 9.63. The molecule has 1 aliphatic carbocycles. The Balaban J connectivity index is 1.84. The number of carbonyl (C=O) groups is 1. The van der Waals surface area contributed by atoms with E-state index in [0.29, 0.717) is 16.5 Å². The maximum absolute atomic E-state index is 12.0. The van der Waals surface area contributed by atoms with Gasteiger partial charge in [-0.05, 0) is 42.9 Å². The number of hydrogen-bond donors (Lipinski definition) is 0. The molecule has 106 valence electrons. The number of carbonyl (C=O) groups excluding carboxylic acids is 1. The maximum Gasteiger partial charge on any atom is 0.158 e. The van der Waals surface area contributed by atoms with Gasteiger partial charge in [-0.2, -0.15) is 0 Å². The minimum atomic E-state index is 0.174. The maximum atomic E-state index is 12.0. The van der Waals surface area contributed by atoms with Crippen LogP contribution >= 0.6 is 23.2 Å². The molecule has 0 amide bonds. The summed E-state index contributed by atoms with van der Waals surface area (Å²) in [6.07, 6.45) is 5.70. The number of hydrogen-bond acceptors (Lipinski definition) is 2. The zero-order valence-corrected chi connectivity index (χ0v) is 12.8. The van der Waals surface area contributed by atoms with Gasteiger partial charge in [0.1, 0.15) is 0 Å². The summed E-state index contributed by atoms with van der Waals surface area (Å²) in [6.45, 7) is 2.14. The zero-order chi connectivity index (χ0) is 14.1. The Morgan fingerprint density at radius 2 is 1.85 bits per heavy atom. The van der Waals surface area contributed by atoms with Crippen molar-refractivity contribution in [2.45, 2.75) is 31.6 Å². The smallest absolute Gasteiger partial charge is 0.158 e. The molecule has 0 radical (unpaired) electrons. The molecule has 0 bridgehead atoms. The van der Waals surface area contributed by atoms with E-state index >= 15 is 0 Å². The molecule has 0 spiro atoms. The van der Waals surface area contributed by atoms with Crippen LogP contribution in [0.1, 0.15) is 37.2 Å². The second kappa shape index (κ2) is 5.79. The van der Waals surface area contributed by atoms with E-state index in [4.69, 9.17) is 23.2 Å². The van der Waals surface area contributed by atoms with Crippen molar-refractivity contribution in [1.29, 1.82) is 0 Å². The number of allylic oxidation sites excluding steroid dienone is 2. The van der Waals surface area contributed by atoms with Crippen LogP contribution in [0.25, 0.3) is 0 Å². The van der Waals surface area contributed by atoms with Crippen LogP contribution in [0.5, 0.6) is 0 Å². The third-order valence-electron chi connectivity index (χ3n) is 4.15. The Labute approximate surface area is 129 Å². The summed E-state index contributed by atoms with van der Waals surface area (Å²) in [7, 11) is 0. The molecule has 20 heavy (non-hydrogen) atoms. The first-order valence-electron chi connectivity index (χ1n) is 7.07. The fraction of sp³-hybridized carbons (Fsp3) is 0.438. The van der Waals surface area contributed by atoms with E-state index < -0.39 is 0 Å². The van der Waals surface area contributed by atoms with E-state index in [1.807, 2.05) is 18.2 Å². The van der Waals surface area contributed by atoms with E-state index in [2.05, 4.69) is 4.90 Å². The topological polar surface area (TPSA) is 20.3 Å². The normalized spacial score (nSPS) is 23.1. The van der Waals surface area contributed by atoms with Gasteiger partial charge in [0.25, 0.3) is 0 Å². The molecule has 0 aromatic heterocycles. The predicted octanol–water partition coefficient (Wildman–Crippen LogP) is 4.42. The number of rotatable bonds is 2. The van der Waals surface area contributed by atoms with Crippen LogP contribution in [0, 0.1) is 0 Å². The van der Waals surface area contributed by atoms with Crippen molar-refractivity contribution >= 4 is 29.0 Å². The molecule has 2 aliphatic rings. The van der Waals surface area contributed by atoms with E-state index in [0.717, 1.165) is 25.1 Å². The van der Waals surface area contributed by atoms with E-state index in [1.54, 1.807) is 6.07 Å². The molecule has 1 unspecified atom stereocenters. The minimum absolute atomic E-state index is 0.174. The van der Waals surface area contributed by atoms with Crippen LogP contribution in [0.2, 0.25) is 10.0 Å². The fourth-order valence-corrected chi connectivity index (χ4v) is 3.71. The molecule has 0 saturated carbocycles. The number of ketones is 1. The average Bonchev–Trinajstić information content (AvgIpc) is 2.91. The Morgan fingerprint density at radius 3 is 2.55 bits per heavy atom. The Kier molecular flexibility index (Phi) is 4.04. The van der Waals surface area contributed by atoms with Gasteiger partial charge >= 0.3 is 0 Å². The largest absolute Gasteiger partial charge is 0.375 e. The molecule has 2 nitrogen and oxygen atoms in total. The van der Waals surface area contributed by atoms with Crippen molar-refractivity contribution < 1.29 is 4.79 Å². The standard InChI is InChI=1S/C16H17Cl2NO/c17-12-3-4-15(16(18)9-12)11-7-13(10-14(20)8-11)19-5-1-2-6-19/h3-4,9-11H,1-2,5-8H2. The molecule has 1 aromatic carbocycles. The van der Waals surface area contributed by atoms with E-state index in [1.165, 1.54) is 18.5 Å². The van der Waals surface area contributed by atoms with Gasteiger partial charge in [-0.15, -0.1) is 0 Å². The number of likely N-dealkylation sites (tertiary alicyclic amines) is 1. The van der Waals surface area contributed by atoms with Crippen LogP contribution in [-0.2, 0) is 4.79 Å². The van der Waals surface area contributed by atoms with Gasteiger partial charge in [-0.1, -0.05) is 29.3 Å². The van der Waals surface area contributed by atoms with E-state index in [-0.39, 0.29) is 11.7 Å².